The monoisotopic (exact) mass is 626 g/mol. The third-order valence-corrected chi connectivity index (χ3v) is 9.91. The molecule has 0 aliphatic rings. The molecule has 0 aliphatic heterocycles. The summed E-state index contributed by atoms with van der Waals surface area (Å²) in [7, 11) is 0. The first kappa shape index (κ1) is 28.0. The predicted molar refractivity (Wildman–Crippen MR) is 211 cm³/mol. The Balaban J connectivity index is 1.02. The van der Waals surface area contributed by atoms with Gasteiger partial charge in [0.1, 0.15) is 0 Å². The molecule has 0 atom stereocenters. The lowest BCUT2D eigenvalue weighted by Gasteiger charge is -2.11. The number of hydrogen-bond acceptors (Lipinski definition) is 0. The van der Waals surface area contributed by atoms with E-state index in [-0.39, 0.29) is 0 Å². The highest BCUT2D eigenvalue weighted by molar-refractivity contribution is 6.25. The minimum absolute atomic E-state index is 0.896. The number of hydrogen-bond donors (Lipinski definition) is 0. The second kappa shape index (κ2) is 11.3. The zero-order valence-electron chi connectivity index (χ0n) is 27.0. The molecule has 0 N–H and O–H groups in total. The van der Waals surface area contributed by atoms with Gasteiger partial charge in [0, 0.05) is 33.4 Å². The molecule has 0 radical (unpaired) electrons. The Kier molecular flexibility index (Phi) is 6.33. The molecule has 0 aliphatic carbocycles. The summed E-state index contributed by atoms with van der Waals surface area (Å²) in [6.45, 7) is 0. The van der Waals surface area contributed by atoms with E-state index < -0.39 is 0 Å². The molecule has 0 saturated carbocycles. The van der Waals surface area contributed by atoms with Crippen molar-refractivity contribution in [3.63, 3.8) is 0 Å². The molecular formula is C50H26. The van der Waals surface area contributed by atoms with Crippen molar-refractivity contribution in [2.75, 3.05) is 0 Å². The van der Waals surface area contributed by atoms with E-state index in [0.29, 0.717) is 0 Å². The van der Waals surface area contributed by atoms with E-state index in [4.69, 9.17) is 0 Å². The van der Waals surface area contributed by atoms with Crippen molar-refractivity contribution < 1.29 is 0 Å². The lowest BCUT2D eigenvalue weighted by Crippen LogP contribution is -1.88. The van der Waals surface area contributed by atoms with Crippen LogP contribution in [0.1, 0.15) is 33.4 Å². The van der Waals surface area contributed by atoms with Crippen molar-refractivity contribution in [2.45, 2.75) is 0 Å². The van der Waals surface area contributed by atoms with E-state index in [1.165, 1.54) is 64.6 Å². The first-order valence-electron chi connectivity index (χ1n) is 16.9. The van der Waals surface area contributed by atoms with Crippen molar-refractivity contribution in [1.82, 2.24) is 0 Å². The molecule has 0 unspecified atom stereocenters. The first-order valence-corrected chi connectivity index (χ1v) is 16.9. The van der Waals surface area contributed by atoms with Crippen molar-refractivity contribution >= 4 is 64.6 Å². The molecule has 10 rings (SSSR count). The van der Waals surface area contributed by atoms with E-state index >= 15 is 0 Å². The summed E-state index contributed by atoms with van der Waals surface area (Å²) in [4.78, 5) is 0. The Hall–Kier alpha value is -7.04. The largest absolute Gasteiger partial charge is 0.0610 e. The predicted octanol–water partition coefficient (Wildman–Crippen LogP) is 11.7. The van der Waals surface area contributed by atoms with Crippen LogP contribution in [0.25, 0.3) is 64.6 Å². The summed E-state index contributed by atoms with van der Waals surface area (Å²) in [6, 6.07) is 55.6. The fourth-order valence-electron chi connectivity index (χ4n) is 7.49. The van der Waals surface area contributed by atoms with Gasteiger partial charge in [0.15, 0.2) is 0 Å². The Morgan fingerprint density at radius 2 is 0.480 bits per heavy atom. The minimum atomic E-state index is 0.896. The first-order chi connectivity index (χ1) is 24.8. The average molecular weight is 627 g/mol. The Morgan fingerprint density at radius 1 is 0.200 bits per heavy atom. The molecule has 0 amide bonds. The van der Waals surface area contributed by atoms with Crippen LogP contribution in [0.2, 0.25) is 0 Å². The van der Waals surface area contributed by atoms with Crippen molar-refractivity contribution in [2.24, 2.45) is 0 Å². The number of benzene rings is 10. The summed E-state index contributed by atoms with van der Waals surface area (Å²) in [6.07, 6.45) is 0. The van der Waals surface area contributed by atoms with E-state index in [1.54, 1.807) is 0 Å². The molecule has 226 valence electrons. The summed E-state index contributed by atoms with van der Waals surface area (Å²) < 4.78 is 0. The van der Waals surface area contributed by atoms with Gasteiger partial charge in [0.25, 0.3) is 0 Å². The van der Waals surface area contributed by atoms with Gasteiger partial charge >= 0.3 is 0 Å². The number of rotatable bonds is 0. The Morgan fingerprint density at radius 3 is 0.840 bits per heavy atom. The summed E-state index contributed by atoms with van der Waals surface area (Å²) in [5, 5.41) is 15.0. The fourth-order valence-corrected chi connectivity index (χ4v) is 7.49. The van der Waals surface area contributed by atoms with Gasteiger partial charge < -0.3 is 0 Å². The van der Waals surface area contributed by atoms with Gasteiger partial charge in [-0.1, -0.05) is 157 Å². The van der Waals surface area contributed by atoms with Crippen LogP contribution in [0, 0.1) is 35.5 Å². The van der Waals surface area contributed by atoms with Crippen LogP contribution in [0.4, 0.5) is 0 Å². The lowest BCUT2D eigenvalue weighted by atomic mass is 9.92. The molecule has 0 aromatic heterocycles. The van der Waals surface area contributed by atoms with Crippen LogP contribution in [0.3, 0.4) is 0 Å². The standard InChI is InChI=1S/C50H26/c1-3-9-35(17-19-37-21-23-43-27-25-39-11-5-13-41-29-31-45(37)49(43)47(39)41)33(7-1)15-16-34-8-2-4-10-36(34)18-20-38-22-24-44-28-26-40-12-6-14-42-30-32-46(38)50(44)48(40)42/h1-14,21-32H. The minimum Gasteiger partial charge on any atom is -0.0610 e. The highest BCUT2D eigenvalue weighted by Crippen LogP contribution is 2.37. The van der Waals surface area contributed by atoms with E-state index in [1.807, 2.05) is 48.5 Å². The Bertz CT molecular complexity index is 2910. The molecule has 10 aromatic carbocycles. The maximum atomic E-state index is 3.50. The smallest absolute Gasteiger partial charge is 0.0405 e. The van der Waals surface area contributed by atoms with Crippen LogP contribution >= 0.6 is 0 Å². The normalized spacial score (nSPS) is 11.1. The van der Waals surface area contributed by atoms with Gasteiger partial charge in [-0.25, -0.2) is 0 Å². The second-order valence-electron chi connectivity index (χ2n) is 12.8. The van der Waals surface area contributed by atoms with Gasteiger partial charge in [-0.2, -0.15) is 0 Å². The average Bonchev–Trinajstić information content (AvgIpc) is 3.17. The van der Waals surface area contributed by atoms with Crippen molar-refractivity contribution in [3.05, 3.63) is 191 Å². The molecule has 0 nitrogen and oxygen atoms in total. The topological polar surface area (TPSA) is 0 Å². The summed E-state index contributed by atoms with van der Waals surface area (Å²) >= 11 is 0. The molecule has 0 heterocycles. The van der Waals surface area contributed by atoms with E-state index in [0.717, 1.165) is 33.4 Å². The third-order valence-electron chi connectivity index (χ3n) is 9.91. The zero-order valence-corrected chi connectivity index (χ0v) is 27.0. The zero-order chi connectivity index (χ0) is 33.0. The second-order valence-corrected chi connectivity index (χ2v) is 12.8. The highest BCUT2D eigenvalue weighted by Gasteiger charge is 2.11. The van der Waals surface area contributed by atoms with Gasteiger partial charge in [-0.15, -0.1) is 0 Å². The molecule has 0 saturated heterocycles. The van der Waals surface area contributed by atoms with Crippen LogP contribution in [-0.4, -0.2) is 0 Å². The molecule has 0 fully saturated rings. The highest BCUT2D eigenvalue weighted by atomic mass is 14.1. The van der Waals surface area contributed by atoms with Crippen molar-refractivity contribution in [3.8, 4) is 35.5 Å². The fraction of sp³-hybridized carbons (Fsp3) is 0. The maximum absolute atomic E-state index is 3.50. The molecular weight excluding hydrogens is 601 g/mol. The van der Waals surface area contributed by atoms with Crippen LogP contribution in [0.15, 0.2) is 158 Å². The SMILES string of the molecule is C(#Cc1ccccc1C#Cc1ccc2ccc3cccc4ccc1c2c34)c1ccccc1C#Cc1ccc2ccc3cccc4ccc1c2c34. The van der Waals surface area contributed by atoms with Crippen LogP contribution < -0.4 is 0 Å². The van der Waals surface area contributed by atoms with Crippen LogP contribution in [0.5, 0.6) is 0 Å². The third kappa shape index (κ3) is 4.55. The van der Waals surface area contributed by atoms with Gasteiger partial charge in [0.2, 0.25) is 0 Å². The maximum Gasteiger partial charge on any atom is 0.0405 e. The van der Waals surface area contributed by atoms with Gasteiger partial charge in [-0.3, -0.25) is 0 Å². The van der Waals surface area contributed by atoms with E-state index in [2.05, 4.69) is 145 Å². The van der Waals surface area contributed by atoms with E-state index in [9.17, 15) is 0 Å². The quantitative estimate of drug-likeness (QED) is 0.116. The molecule has 0 spiro atoms. The molecule has 10 aromatic rings. The molecule has 0 heteroatoms. The Labute approximate surface area is 290 Å². The van der Waals surface area contributed by atoms with Crippen molar-refractivity contribution in [1.29, 1.82) is 0 Å². The van der Waals surface area contributed by atoms with Gasteiger partial charge in [-0.05, 0) is 101 Å². The lowest BCUT2D eigenvalue weighted by molar-refractivity contribution is 1.56. The molecule has 0 bridgehead atoms. The molecule has 50 heavy (non-hydrogen) atoms. The van der Waals surface area contributed by atoms with Gasteiger partial charge in [0.05, 0.1) is 0 Å². The summed E-state index contributed by atoms with van der Waals surface area (Å²) in [5.41, 5.74) is 5.64. The summed E-state index contributed by atoms with van der Waals surface area (Å²) in [5.74, 6) is 20.8. The van der Waals surface area contributed by atoms with Crippen LogP contribution in [-0.2, 0) is 0 Å².